The maximum Gasteiger partial charge on any atom is 0.241 e. The lowest BCUT2D eigenvalue weighted by Crippen LogP contribution is -2.34. The third-order valence-corrected chi connectivity index (χ3v) is 5.56. The lowest BCUT2D eigenvalue weighted by molar-refractivity contribution is 0.414. The Morgan fingerprint density at radius 3 is 2.32 bits per heavy atom. The van der Waals surface area contributed by atoms with Crippen molar-refractivity contribution in [1.82, 2.24) is 4.72 Å². The Labute approximate surface area is 131 Å². The molecule has 22 heavy (non-hydrogen) atoms. The van der Waals surface area contributed by atoms with E-state index in [1.165, 1.54) is 0 Å². The van der Waals surface area contributed by atoms with Gasteiger partial charge in [-0.1, -0.05) is 24.3 Å². The molecule has 0 unspecified atom stereocenters. The summed E-state index contributed by atoms with van der Waals surface area (Å²) in [6, 6.07) is 14.5. The van der Waals surface area contributed by atoms with E-state index in [1.54, 1.807) is 25.3 Å². The number of sulfonamides is 1. The van der Waals surface area contributed by atoms with Crippen LogP contribution in [0, 0.1) is 6.92 Å². The van der Waals surface area contributed by atoms with E-state index in [2.05, 4.69) is 4.72 Å². The van der Waals surface area contributed by atoms with Crippen molar-refractivity contribution in [3.8, 4) is 5.75 Å². The van der Waals surface area contributed by atoms with Gasteiger partial charge in [0, 0.05) is 0 Å². The van der Waals surface area contributed by atoms with Crippen LogP contribution in [0.25, 0.3) is 0 Å². The number of benzene rings is 2. The average Bonchev–Trinajstić information content (AvgIpc) is 3.27. The average molecular weight is 317 g/mol. The molecule has 116 valence electrons. The van der Waals surface area contributed by atoms with Crippen LogP contribution in [0.2, 0.25) is 0 Å². The van der Waals surface area contributed by atoms with Crippen LogP contribution in [0.3, 0.4) is 0 Å². The molecule has 3 rings (SSSR count). The number of hydrogen-bond donors (Lipinski definition) is 1. The summed E-state index contributed by atoms with van der Waals surface area (Å²) in [7, 11) is -1.91. The molecule has 0 spiro atoms. The first-order valence-electron chi connectivity index (χ1n) is 7.20. The molecule has 2 aromatic carbocycles. The Morgan fingerprint density at radius 1 is 1.09 bits per heavy atom. The van der Waals surface area contributed by atoms with Gasteiger partial charge in [-0.3, -0.25) is 0 Å². The zero-order chi connectivity index (χ0) is 15.8. The van der Waals surface area contributed by atoms with Crippen LogP contribution in [-0.4, -0.2) is 15.5 Å². The Morgan fingerprint density at radius 2 is 1.77 bits per heavy atom. The molecule has 0 aliphatic heterocycles. The molecule has 0 amide bonds. The molecule has 1 saturated carbocycles. The fraction of sp³-hybridized carbons (Fsp3) is 0.294. The van der Waals surface area contributed by atoms with Crippen molar-refractivity contribution in [3.63, 3.8) is 0 Å². The topological polar surface area (TPSA) is 55.4 Å². The fourth-order valence-electron chi connectivity index (χ4n) is 2.58. The molecule has 0 atom stereocenters. The molecule has 5 heteroatoms. The highest BCUT2D eigenvalue weighted by Gasteiger charge is 2.47. The summed E-state index contributed by atoms with van der Waals surface area (Å²) in [5.74, 6) is 0.765. The molecule has 2 aromatic rings. The summed E-state index contributed by atoms with van der Waals surface area (Å²) in [5, 5.41) is 0. The summed E-state index contributed by atoms with van der Waals surface area (Å²) in [5.41, 5.74) is 1.43. The molecule has 1 N–H and O–H groups in total. The maximum atomic E-state index is 12.6. The van der Waals surface area contributed by atoms with E-state index in [4.69, 9.17) is 4.74 Å². The molecular formula is C17H19NO3S. The van der Waals surface area contributed by atoms with Crippen LogP contribution in [0.5, 0.6) is 5.75 Å². The number of rotatable bonds is 5. The van der Waals surface area contributed by atoms with Crippen molar-refractivity contribution in [2.45, 2.75) is 30.2 Å². The Balaban J connectivity index is 1.87. The van der Waals surface area contributed by atoms with E-state index in [-0.39, 0.29) is 0 Å². The highest BCUT2D eigenvalue weighted by molar-refractivity contribution is 7.89. The van der Waals surface area contributed by atoms with Crippen molar-refractivity contribution >= 4 is 10.0 Å². The van der Waals surface area contributed by atoms with Crippen molar-refractivity contribution in [2.24, 2.45) is 0 Å². The summed E-state index contributed by atoms with van der Waals surface area (Å²) in [6.07, 6.45) is 1.62. The van der Waals surface area contributed by atoms with Gasteiger partial charge in [-0.25, -0.2) is 13.1 Å². The Kier molecular flexibility index (Phi) is 3.70. The summed E-state index contributed by atoms with van der Waals surface area (Å²) in [6.45, 7) is 1.88. The van der Waals surface area contributed by atoms with Crippen molar-refractivity contribution in [3.05, 3.63) is 59.7 Å². The molecule has 4 nitrogen and oxygen atoms in total. The van der Waals surface area contributed by atoms with Gasteiger partial charge in [-0.15, -0.1) is 0 Å². The minimum atomic E-state index is -3.52. The molecule has 1 aliphatic rings. The van der Waals surface area contributed by atoms with Crippen LogP contribution in [0.15, 0.2) is 53.4 Å². The molecule has 0 heterocycles. The largest absolute Gasteiger partial charge is 0.497 e. The minimum absolute atomic E-state index is 0.312. The first-order chi connectivity index (χ1) is 10.5. The number of methoxy groups -OCH3 is 1. The third-order valence-electron chi connectivity index (χ3n) is 4.02. The molecule has 1 fully saturated rings. The quantitative estimate of drug-likeness (QED) is 0.922. The highest BCUT2D eigenvalue weighted by Crippen LogP contribution is 2.46. The predicted octanol–water partition coefficient (Wildman–Crippen LogP) is 2.97. The molecule has 0 radical (unpaired) electrons. The fourth-order valence-corrected chi connectivity index (χ4v) is 4.14. The normalized spacial score (nSPS) is 16.3. The van der Waals surface area contributed by atoms with E-state index in [9.17, 15) is 8.42 Å². The van der Waals surface area contributed by atoms with Gasteiger partial charge in [0.15, 0.2) is 0 Å². The molecule has 1 aliphatic carbocycles. The van der Waals surface area contributed by atoms with Crippen LogP contribution >= 0.6 is 0 Å². The SMILES string of the molecule is COc1ccc(C2(NS(=O)(=O)c3cccc(C)c3)CC2)cc1. The third kappa shape index (κ3) is 2.87. The van der Waals surface area contributed by atoms with Crippen molar-refractivity contribution in [1.29, 1.82) is 0 Å². The minimum Gasteiger partial charge on any atom is -0.497 e. The second kappa shape index (κ2) is 5.41. The zero-order valence-electron chi connectivity index (χ0n) is 12.7. The van der Waals surface area contributed by atoms with Crippen LogP contribution in [0.4, 0.5) is 0 Å². The molecule has 0 saturated heterocycles. The van der Waals surface area contributed by atoms with Gasteiger partial charge in [-0.05, 0) is 55.2 Å². The predicted molar refractivity (Wildman–Crippen MR) is 85.4 cm³/mol. The second-order valence-corrected chi connectivity index (χ2v) is 7.42. The smallest absolute Gasteiger partial charge is 0.241 e. The van der Waals surface area contributed by atoms with E-state index in [0.29, 0.717) is 4.90 Å². The standard InChI is InChI=1S/C17H19NO3S/c1-13-4-3-5-16(12-13)22(19,20)18-17(10-11-17)14-6-8-15(21-2)9-7-14/h3-9,12,18H,10-11H2,1-2H3. The number of aryl methyl sites for hydroxylation is 1. The van der Waals surface area contributed by atoms with Gasteiger partial charge in [0.25, 0.3) is 0 Å². The van der Waals surface area contributed by atoms with Crippen molar-refractivity contribution in [2.75, 3.05) is 7.11 Å². The molecular weight excluding hydrogens is 298 g/mol. The van der Waals surface area contributed by atoms with Gasteiger partial charge >= 0.3 is 0 Å². The van der Waals surface area contributed by atoms with Gasteiger partial charge in [-0.2, -0.15) is 0 Å². The van der Waals surface area contributed by atoms with E-state index in [1.807, 2.05) is 37.3 Å². The number of nitrogens with one attached hydrogen (secondary N) is 1. The maximum absolute atomic E-state index is 12.6. The summed E-state index contributed by atoms with van der Waals surface area (Å²) in [4.78, 5) is 0.312. The van der Waals surface area contributed by atoms with Gasteiger partial charge in [0.05, 0.1) is 17.5 Å². The highest BCUT2D eigenvalue weighted by atomic mass is 32.2. The lowest BCUT2D eigenvalue weighted by atomic mass is 10.1. The van der Waals surface area contributed by atoms with Gasteiger partial charge in [0.1, 0.15) is 5.75 Å². The summed E-state index contributed by atoms with van der Waals surface area (Å²) >= 11 is 0. The van der Waals surface area contributed by atoms with E-state index >= 15 is 0 Å². The number of hydrogen-bond acceptors (Lipinski definition) is 3. The first-order valence-corrected chi connectivity index (χ1v) is 8.69. The van der Waals surface area contributed by atoms with E-state index < -0.39 is 15.6 Å². The van der Waals surface area contributed by atoms with Gasteiger partial charge in [0.2, 0.25) is 10.0 Å². The van der Waals surface area contributed by atoms with Crippen molar-refractivity contribution < 1.29 is 13.2 Å². The molecule has 0 bridgehead atoms. The first kappa shape index (κ1) is 15.1. The summed E-state index contributed by atoms with van der Waals surface area (Å²) < 4.78 is 33.2. The molecule has 0 aromatic heterocycles. The Hall–Kier alpha value is -1.85. The van der Waals surface area contributed by atoms with Crippen LogP contribution in [0.1, 0.15) is 24.0 Å². The zero-order valence-corrected chi connectivity index (χ0v) is 13.5. The van der Waals surface area contributed by atoms with Crippen LogP contribution in [-0.2, 0) is 15.6 Å². The van der Waals surface area contributed by atoms with E-state index in [0.717, 1.165) is 29.7 Å². The Bertz CT molecular complexity index is 778. The number of ether oxygens (including phenoxy) is 1. The second-order valence-electron chi connectivity index (χ2n) is 5.73. The van der Waals surface area contributed by atoms with Crippen LogP contribution < -0.4 is 9.46 Å². The van der Waals surface area contributed by atoms with Gasteiger partial charge < -0.3 is 4.74 Å². The monoisotopic (exact) mass is 317 g/mol. The lowest BCUT2D eigenvalue weighted by Gasteiger charge is -2.18.